The maximum Gasteiger partial charge on any atom is 0.163 e. The van der Waals surface area contributed by atoms with Gasteiger partial charge in [-0.1, -0.05) is 6.92 Å². The summed E-state index contributed by atoms with van der Waals surface area (Å²) in [5.41, 5.74) is 0.207. The number of carbonyl (C=O) groups excluding carboxylic acids is 1. The van der Waals surface area contributed by atoms with Crippen molar-refractivity contribution >= 4 is 5.78 Å². The summed E-state index contributed by atoms with van der Waals surface area (Å²) in [5.74, 6) is 0.344. The SMILES string of the molecule is CC(=O)c1cc(F)ccc1OC[C@H](O)CN1CCC(C)CC1. The van der Waals surface area contributed by atoms with E-state index in [9.17, 15) is 14.3 Å². The Morgan fingerprint density at radius 2 is 2.14 bits per heavy atom. The Hall–Kier alpha value is -1.46. The van der Waals surface area contributed by atoms with Gasteiger partial charge in [0.15, 0.2) is 5.78 Å². The van der Waals surface area contributed by atoms with Gasteiger partial charge in [0.05, 0.1) is 5.56 Å². The minimum Gasteiger partial charge on any atom is -0.490 e. The van der Waals surface area contributed by atoms with E-state index in [4.69, 9.17) is 4.74 Å². The second kappa shape index (κ2) is 7.70. The Balaban J connectivity index is 1.86. The lowest BCUT2D eigenvalue weighted by Crippen LogP contribution is -2.40. The van der Waals surface area contributed by atoms with Crippen molar-refractivity contribution in [2.24, 2.45) is 5.92 Å². The topological polar surface area (TPSA) is 49.8 Å². The van der Waals surface area contributed by atoms with Crippen LogP contribution in [0.15, 0.2) is 18.2 Å². The Kier molecular flexibility index (Phi) is 5.91. The van der Waals surface area contributed by atoms with Crippen molar-refractivity contribution in [3.63, 3.8) is 0 Å². The maximum atomic E-state index is 13.2. The molecule has 1 fully saturated rings. The summed E-state index contributed by atoms with van der Waals surface area (Å²) in [4.78, 5) is 13.7. The van der Waals surface area contributed by atoms with Gasteiger partial charge >= 0.3 is 0 Å². The molecule has 1 heterocycles. The van der Waals surface area contributed by atoms with Crippen LogP contribution < -0.4 is 4.74 Å². The number of aliphatic hydroxyl groups excluding tert-OH is 1. The molecule has 0 aliphatic carbocycles. The summed E-state index contributed by atoms with van der Waals surface area (Å²) in [6, 6.07) is 3.84. The third-order valence-electron chi connectivity index (χ3n) is 4.10. The van der Waals surface area contributed by atoms with E-state index in [2.05, 4.69) is 11.8 Å². The number of benzene rings is 1. The molecule has 1 saturated heterocycles. The van der Waals surface area contributed by atoms with Crippen molar-refractivity contribution in [3.05, 3.63) is 29.6 Å². The van der Waals surface area contributed by atoms with Crippen molar-refractivity contribution in [1.29, 1.82) is 0 Å². The van der Waals surface area contributed by atoms with E-state index in [-0.39, 0.29) is 18.0 Å². The lowest BCUT2D eigenvalue weighted by Gasteiger charge is -2.31. The molecule has 1 aliphatic heterocycles. The van der Waals surface area contributed by atoms with Crippen LogP contribution in [0, 0.1) is 11.7 Å². The zero-order chi connectivity index (χ0) is 16.1. The number of piperidine rings is 1. The highest BCUT2D eigenvalue weighted by Gasteiger charge is 2.19. The van der Waals surface area contributed by atoms with E-state index in [1.165, 1.54) is 19.1 Å². The highest BCUT2D eigenvalue weighted by Crippen LogP contribution is 2.21. The third-order valence-corrected chi connectivity index (χ3v) is 4.10. The molecule has 0 spiro atoms. The zero-order valence-electron chi connectivity index (χ0n) is 13.2. The van der Waals surface area contributed by atoms with Crippen LogP contribution in [0.1, 0.15) is 37.0 Å². The van der Waals surface area contributed by atoms with Crippen molar-refractivity contribution < 1.29 is 19.0 Å². The van der Waals surface area contributed by atoms with Gasteiger partial charge in [-0.2, -0.15) is 0 Å². The zero-order valence-corrected chi connectivity index (χ0v) is 13.2. The first-order chi connectivity index (χ1) is 10.5. The van der Waals surface area contributed by atoms with Gasteiger partial charge in [0.1, 0.15) is 24.3 Å². The van der Waals surface area contributed by atoms with Crippen LogP contribution in [-0.4, -0.2) is 48.1 Å². The molecule has 0 bridgehead atoms. The van der Waals surface area contributed by atoms with Crippen LogP contribution in [0.4, 0.5) is 4.39 Å². The normalized spacial score (nSPS) is 18.2. The molecule has 1 aromatic rings. The molecule has 0 saturated carbocycles. The molecule has 0 radical (unpaired) electrons. The summed E-state index contributed by atoms with van der Waals surface area (Å²) in [5, 5.41) is 10.1. The van der Waals surface area contributed by atoms with Crippen molar-refractivity contribution in [2.75, 3.05) is 26.2 Å². The van der Waals surface area contributed by atoms with E-state index in [1.54, 1.807) is 0 Å². The molecule has 1 N–H and O–H groups in total. The van der Waals surface area contributed by atoms with E-state index >= 15 is 0 Å². The number of hydrogen-bond donors (Lipinski definition) is 1. The van der Waals surface area contributed by atoms with Gasteiger partial charge in [-0.15, -0.1) is 0 Å². The lowest BCUT2D eigenvalue weighted by atomic mass is 9.99. The van der Waals surface area contributed by atoms with Gasteiger partial charge in [-0.3, -0.25) is 4.79 Å². The molecule has 0 aromatic heterocycles. The van der Waals surface area contributed by atoms with Crippen molar-refractivity contribution in [3.8, 4) is 5.75 Å². The Morgan fingerprint density at radius 1 is 1.45 bits per heavy atom. The monoisotopic (exact) mass is 309 g/mol. The van der Waals surface area contributed by atoms with Crippen molar-refractivity contribution in [2.45, 2.75) is 32.8 Å². The Labute approximate surface area is 130 Å². The first-order valence-corrected chi connectivity index (χ1v) is 7.79. The first-order valence-electron chi connectivity index (χ1n) is 7.79. The molecule has 1 atom stereocenters. The van der Waals surface area contributed by atoms with E-state index in [0.29, 0.717) is 12.3 Å². The van der Waals surface area contributed by atoms with Crippen LogP contribution in [-0.2, 0) is 0 Å². The second-order valence-electron chi connectivity index (χ2n) is 6.14. The number of halogens is 1. The fourth-order valence-electron chi connectivity index (χ4n) is 2.68. The highest BCUT2D eigenvalue weighted by atomic mass is 19.1. The van der Waals surface area contributed by atoms with E-state index < -0.39 is 11.9 Å². The van der Waals surface area contributed by atoms with Crippen LogP contribution in [0.3, 0.4) is 0 Å². The van der Waals surface area contributed by atoms with Gasteiger partial charge < -0.3 is 14.7 Å². The molecule has 5 heteroatoms. The number of β-amino-alcohol motifs (C(OH)–C–C–N with tert-alkyl or cyclic N) is 1. The maximum absolute atomic E-state index is 13.2. The number of nitrogens with zero attached hydrogens (tertiary/aromatic N) is 1. The number of ketones is 1. The van der Waals surface area contributed by atoms with Gasteiger partial charge in [-0.25, -0.2) is 4.39 Å². The molecule has 0 unspecified atom stereocenters. The molecule has 0 amide bonds. The van der Waals surface area contributed by atoms with Gasteiger partial charge in [0, 0.05) is 6.54 Å². The molecular formula is C17H24FNO3. The number of aliphatic hydroxyl groups is 1. The summed E-state index contributed by atoms with van der Waals surface area (Å²) < 4.78 is 18.7. The number of rotatable bonds is 6. The van der Waals surface area contributed by atoms with E-state index in [0.717, 1.165) is 37.9 Å². The molecule has 1 aliphatic rings. The van der Waals surface area contributed by atoms with Gasteiger partial charge in [0.2, 0.25) is 0 Å². The van der Waals surface area contributed by atoms with Gasteiger partial charge in [0.25, 0.3) is 0 Å². The molecule has 22 heavy (non-hydrogen) atoms. The first kappa shape index (κ1) is 16.9. The largest absolute Gasteiger partial charge is 0.490 e. The molecule has 2 rings (SSSR count). The fraction of sp³-hybridized carbons (Fsp3) is 0.588. The highest BCUT2D eigenvalue weighted by molar-refractivity contribution is 5.96. The molecule has 122 valence electrons. The average molecular weight is 309 g/mol. The minimum absolute atomic E-state index is 0.0952. The quantitative estimate of drug-likeness (QED) is 0.820. The number of Topliss-reactive ketones (excluding diaryl/α,β-unsaturated/α-hetero) is 1. The number of carbonyl (C=O) groups is 1. The average Bonchev–Trinajstić information content (AvgIpc) is 2.48. The van der Waals surface area contributed by atoms with Crippen LogP contribution in [0.2, 0.25) is 0 Å². The standard InChI is InChI=1S/C17H24FNO3/c1-12-5-7-19(8-6-12)10-15(21)11-22-17-4-3-14(18)9-16(17)13(2)20/h3-4,9,12,15,21H,5-8,10-11H2,1-2H3/t15-/m1/s1. The predicted molar refractivity (Wildman–Crippen MR) is 82.7 cm³/mol. The summed E-state index contributed by atoms with van der Waals surface area (Å²) in [6.07, 6.45) is 1.68. The molecular weight excluding hydrogens is 285 g/mol. The number of hydrogen-bond acceptors (Lipinski definition) is 4. The Bertz CT molecular complexity index is 513. The number of likely N-dealkylation sites (tertiary alicyclic amines) is 1. The smallest absolute Gasteiger partial charge is 0.163 e. The fourth-order valence-corrected chi connectivity index (χ4v) is 2.68. The van der Waals surface area contributed by atoms with Crippen LogP contribution >= 0.6 is 0 Å². The summed E-state index contributed by atoms with van der Waals surface area (Å²) in [6.45, 7) is 6.25. The van der Waals surface area contributed by atoms with Crippen molar-refractivity contribution in [1.82, 2.24) is 4.90 Å². The Morgan fingerprint density at radius 3 is 2.77 bits per heavy atom. The van der Waals surface area contributed by atoms with E-state index in [1.807, 2.05) is 0 Å². The molecule has 4 nitrogen and oxygen atoms in total. The number of ether oxygens (including phenoxy) is 1. The minimum atomic E-state index is -0.627. The second-order valence-corrected chi connectivity index (χ2v) is 6.14. The third kappa shape index (κ3) is 4.78. The lowest BCUT2D eigenvalue weighted by molar-refractivity contribution is 0.0558. The molecule has 1 aromatic carbocycles. The van der Waals surface area contributed by atoms with Crippen LogP contribution in [0.25, 0.3) is 0 Å². The van der Waals surface area contributed by atoms with Gasteiger partial charge in [-0.05, 0) is 57.0 Å². The van der Waals surface area contributed by atoms with Crippen LogP contribution in [0.5, 0.6) is 5.75 Å². The predicted octanol–water partition coefficient (Wildman–Crippen LogP) is 2.50. The summed E-state index contributed by atoms with van der Waals surface area (Å²) >= 11 is 0. The summed E-state index contributed by atoms with van der Waals surface area (Å²) in [7, 11) is 0.